The van der Waals surface area contributed by atoms with Crippen LogP contribution in [-0.4, -0.2) is 31.5 Å². The molecule has 0 aliphatic heterocycles. The molecule has 0 aromatic carbocycles. The van der Waals surface area contributed by atoms with Crippen molar-refractivity contribution in [1.82, 2.24) is 5.32 Å². The fourth-order valence-corrected chi connectivity index (χ4v) is 2.09. The molecule has 2 N–H and O–H groups in total. The van der Waals surface area contributed by atoms with Gasteiger partial charge in [0, 0.05) is 17.5 Å². The van der Waals surface area contributed by atoms with E-state index in [9.17, 15) is 0 Å². The molecule has 16 heavy (non-hydrogen) atoms. The van der Waals surface area contributed by atoms with Crippen LogP contribution in [0.2, 0.25) is 0 Å². The van der Waals surface area contributed by atoms with Crippen molar-refractivity contribution >= 4 is 11.3 Å². The maximum atomic E-state index is 8.70. The van der Waals surface area contributed by atoms with Gasteiger partial charge in [0.2, 0.25) is 0 Å². The molecule has 4 nitrogen and oxygen atoms in total. The number of thiophene rings is 1. The maximum Gasteiger partial charge on any atom is 0.110 e. The van der Waals surface area contributed by atoms with Crippen molar-refractivity contribution in [3.63, 3.8) is 0 Å². The lowest BCUT2D eigenvalue weighted by molar-refractivity contribution is 0.0929. The molecule has 1 atom stereocenters. The predicted octanol–water partition coefficient (Wildman–Crippen LogP) is 1.28. The Bertz CT molecular complexity index is 346. The molecule has 1 unspecified atom stereocenters. The monoisotopic (exact) mass is 240 g/mol. The molecule has 1 aromatic rings. The number of nitriles is 1. The van der Waals surface area contributed by atoms with Crippen molar-refractivity contribution in [3.8, 4) is 6.07 Å². The smallest absolute Gasteiger partial charge is 0.110 e. The zero-order chi connectivity index (χ0) is 11.8. The van der Waals surface area contributed by atoms with E-state index in [4.69, 9.17) is 15.1 Å². The lowest BCUT2D eigenvalue weighted by Gasteiger charge is -2.11. The van der Waals surface area contributed by atoms with Gasteiger partial charge in [-0.05, 0) is 19.1 Å². The Balaban J connectivity index is 2.24. The van der Waals surface area contributed by atoms with Crippen molar-refractivity contribution < 1.29 is 9.84 Å². The molecule has 0 aliphatic carbocycles. The third-order valence-corrected chi connectivity index (χ3v) is 3.27. The van der Waals surface area contributed by atoms with Crippen molar-refractivity contribution in [3.05, 3.63) is 21.9 Å². The van der Waals surface area contributed by atoms with Crippen molar-refractivity contribution in [2.24, 2.45) is 0 Å². The van der Waals surface area contributed by atoms with E-state index < -0.39 is 0 Å². The van der Waals surface area contributed by atoms with Gasteiger partial charge < -0.3 is 15.2 Å². The van der Waals surface area contributed by atoms with Crippen LogP contribution in [0, 0.1) is 11.3 Å². The second-order valence-electron chi connectivity index (χ2n) is 3.33. The third kappa shape index (κ3) is 4.29. The van der Waals surface area contributed by atoms with E-state index in [1.165, 1.54) is 11.3 Å². The Morgan fingerprint density at radius 1 is 1.56 bits per heavy atom. The number of aliphatic hydroxyl groups is 1. The summed E-state index contributed by atoms with van der Waals surface area (Å²) < 4.78 is 5.13. The van der Waals surface area contributed by atoms with Crippen LogP contribution in [0.5, 0.6) is 0 Å². The Morgan fingerprint density at radius 3 is 3.00 bits per heavy atom. The number of aliphatic hydroxyl groups excluding tert-OH is 1. The van der Waals surface area contributed by atoms with Crippen LogP contribution >= 0.6 is 11.3 Å². The van der Waals surface area contributed by atoms with Crippen LogP contribution in [0.3, 0.4) is 0 Å². The predicted molar refractivity (Wildman–Crippen MR) is 63.4 cm³/mol. The first-order valence-corrected chi connectivity index (χ1v) is 6.01. The highest BCUT2D eigenvalue weighted by Gasteiger charge is 2.07. The number of nitrogens with one attached hydrogen (secondary N) is 1. The summed E-state index contributed by atoms with van der Waals surface area (Å²) in [6.45, 7) is 3.82. The van der Waals surface area contributed by atoms with Crippen molar-refractivity contribution in [1.29, 1.82) is 5.26 Å². The van der Waals surface area contributed by atoms with E-state index in [0.717, 1.165) is 16.3 Å². The minimum Gasteiger partial charge on any atom is -0.394 e. The van der Waals surface area contributed by atoms with Gasteiger partial charge in [-0.25, -0.2) is 0 Å². The van der Waals surface area contributed by atoms with E-state index in [0.29, 0.717) is 13.2 Å². The minimum absolute atomic E-state index is 0.0615. The van der Waals surface area contributed by atoms with E-state index in [2.05, 4.69) is 18.3 Å². The van der Waals surface area contributed by atoms with Gasteiger partial charge in [-0.15, -0.1) is 11.3 Å². The van der Waals surface area contributed by atoms with Gasteiger partial charge in [-0.1, -0.05) is 0 Å². The number of rotatable bonds is 7. The van der Waals surface area contributed by atoms with Crippen LogP contribution < -0.4 is 5.32 Å². The lowest BCUT2D eigenvalue weighted by atomic mass is 10.3. The molecule has 0 fully saturated rings. The summed E-state index contributed by atoms with van der Waals surface area (Å²) in [6.07, 6.45) is 0. The summed E-state index contributed by atoms with van der Waals surface area (Å²) in [5.41, 5.74) is 0. The maximum absolute atomic E-state index is 8.70. The second kappa shape index (κ2) is 7.36. The summed E-state index contributed by atoms with van der Waals surface area (Å²) >= 11 is 1.50. The summed E-state index contributed by atoms with van der Waals surface area (Å²) in [4.78, 5) is 1.89. The zero-order valence-electron chi connectivity index (χ0n) is 9.27. The third-order valence-electron chi connectivity index (χ3n) is 2.10. The minimum atomic E-state index is 0.0615. The normalized spacial score (nSPS) is 12.3. The number of hydrogen-bond acceptors (Lipinski definition) is 5. The van der Waals surface area contributed by atoms with Gasteiger partial charge in [0.15, 0.2) is 0 Å². The molecule has 1 rings (SSSR count). The first-order valence-electron chi connectivity index (χ1n) is 5.19. The molecule has 88 valence electrons. The first-order chi connectivity index (χ1) is 7.77. The van der Waals surface area contributed by atoms with Crippen molar-refractivity contribution in [2.75, 3.05) is 26.4 Å². The summed E-state index contributed by atoms with van der Waals surface area (Å²) in [5.74, 6) is 0. The highest BCUT2D eigenvalue weighted by molar-refractivity contribution is 7.12. The van der Waals surface area contributed by atoms with E-state index in [-0.39, 0.29) is 12.6 Å². The second-order valence-corrected chi connectivity index (χ2v) is 4.44. The Morgan fingerprint density at radius 2 is 2.38 bits per heavy atom. The van der Waals surface area contributed by atoms with E-state index in [1.807, 2.05) is 12.1 Å². The first kappa shape index (κ1) is 13.1. The SMILES string of the molecule is CC(NCCOCCO)c1ccc(C#N)s1. The molecule has 5 heteroatoms. The molecule has 0 saturated carbocycles. The molecule has 1 aromatic heterocycles. The average Bonchev–Trinajstić information content (AvgIpc) is 2.77. The topological polar surface area (TPSA) is 65.3 Å². The Labute approximate surface area is 99.5 Å². The van der Waals surface area contributed by atoms with Crippen molar-refractivity contribution in [2.45, 2.75) is 13.0 Å². The molecule has 1 heterocycles. The standard InChI is InChI=1S/C11H16N2O2S/c1-9(13-4-6-15-7-5-14)11-3-2-10(8-12)16-11/h2-3,9,13-14H,4-7H2,1H3. The van der Waals surface area contributed by atoms with E-state index >= 15 is 0 Å². The fourth-order valence-electron chi connectivity index (χ4n) is 1.26. The summed E-state index contributed by atoms with van der Waals surface area (Å²) in [5, 5.41) is 20.5. The molecule has 0 aliphatic rings. The van der Waals surface area contributed by atoms with Gasteiger partial charge >= 0.3 is 0 Å². The average molecular weight is 240 g/mol. The van der Waals surface area contributed by atoms with Gasteiger partial charge in [0.05, 0.1) is 19.8 Å². The van der Waals surface area contributed by atoms with Gasteiger partial charge in [0.25, 0.3) is 0 Å². The molecule has 0 radical (unpaired) electrons. The van der Waals surface area contributed by atoms with Gasteiger partial charge in [-0.2, -0.15) is 5.26 Å². The number of nitrogens with zero attached hydrogens (tertiary/aromatic N) is 1. The Hall–Kier alpha value is -0.930. The molecular formula is C11H16N2O2S. The highest BCUT2D eigenvalue weighted by atomic mass is 32.1. The number of hydrogen-bond donors (Lipinski definition) is 2. The zero-order valence-corrected chi connectivity index (χ0v) is 10.1. The van der Waals surface area contributed by atoms with Gasteiger partial charge in [-0.3, -0.25) is 0 Å². The van der Waals surface area contributed by atoms with Crippen LogP contribution in [0.15, 0.2) is 12.1 Å². The van der Waals surface area contributed by atoms with E-state index in [1.54, 1.807) is 0 Å². The molecular weight excluding hydrogens is 224 g/mol. The van der Waals surface area contributed by atoms with Crippen LogP contribution in [0.25, 0.3) is 0 Å². The molecule has 0 bridgehead atoms. The van der Waals surface area contributed by atoms with Crippen LogP contribution in [-0.2, 0) is 4.74 Å². The quantitative estimate of drug-likeness (QED) is 0.705. The fraction of sp³-hybridized carbons (Fsp3) is 0.545. The lowest BCUT2D eigenvalue weighted by Crippen LogP contribution is -2.23. The Kier molecular flexibility index (Phi) is 6.04. The van der Waals surface area contributed by atoms with Crippen LogP contribution in [0.1, 0.15) is 22.7 Å². The summed E-state index contributed by atoms with van der Waals surface area (Å²) in [6, 6.07) is 6.15. The number of ether oxygens (including phenoxy) is 1. The highest BCUT2D eigenvalue weighted by Crippen LogP contribution is 2.22. The van der Waals surface area contributed by atoms with Crippen LogP contribution in [0.4, 0.5) is 0 Å². The molecule has 0 saturated heterocycles. The summed E-state index contributed by atoms with van der Waals surface area (Å²) in [7, 11) is 0. The molecule has 0 spiro atoms. The van der Waals surface area contributed by atoms with Gasteiger partial charge in [0.1, 0.15) is 10.9 Å². The molecule has 0 amide bonds. The largest absolute Gasteiger partial charge is 0.394 e.